The second-order valence-corrected chi connectivity index (χ2v) is 4.42. The molecule has 1 amide bonds. The maximum absolute atomic E-state index is 12.0. The summed E-state index contributed by atoms with van der Waals surface area (Å²) in [6, 6.07) is 3.59. The maximum Gasteiger partial charge on any atom is 0.356 e. The number of aromatic nitrogens is 1. The first kappa shape index (κ1) is 11.0. The van der Waals surface area contributed by atoms with Crippen molar-refractivity contribution in [3.05, 3.63) is 35.7 Å². The molecule has 1 aliphatic heterocycles. The molecule has 0 fully saturated rings. The van der Waals surface area contributed by atoms with E-state index in [4.69, 9.17) is 10.5 Å². The van der Waals surface area contributed by atoms with Crippen LogP contribution in [0.15, 0.2) is 24.3 Å². The molecule has 1 aliphatic carbocycles. The molecule has 1 aromatic rings. The predicted octanol–water partition coefficient (Wildman–Crippen LogP) is -0.458. The number of nitrogens with zero attached hydrogens (tertiary/aromatic N) is 1. The van der Waals surface area contributed by atoms with E-state index in [1.165, 1.54) is 12.2 Å². The van der Waals surface area contributed by atoms with E-state index in [1.807, 2.05) is 10.6 Å². The minimum absolute atomic E-state index is 0.459. The zero-order valence-corrected chi connectivity index (χ0v) is 9.68. The molecule has 6 heteroatoms. The van der Waals surface area contributed by atoms with Gasteiger partial charge in [-0.05, 0) is 24.3 Å². The third-order valence-corrected chi connectivity index (χ3v) is 3.21. The molecule has 3 N–H and O–H groups in total. The molecule has 0 bridgehead atoms. The SMILES string of the molecule is NC(=O)C1(OC(=O)c2ccc3n2CCNC3)C=C1. The van der Waals surface area contributed by atoms with E-state index in [0.29, 0.717) is 12.2 Å². The Morgan fingerprint density at radius 2 is 2.17 bits per heavy atom. The van der Waals surface area contributed by atoms with Gasteiger partial charge < -0.3 is 20.4 Å². The van der Waals surface area contributed by atoms with Crippen molar-refractivity contribution in [3.63, 3.8) is 0 Å². The van der Waals surface area contributed by atoms with Gasteiger partial charge in [0.2, 0.25) is 5.60 Å². The first-order valence-corrected chi connectivity index (χ1v) is 5.75. The van der Waals surface area contributed by atoms with Gasteiger partial charge in [-0.15, -0.1) is 0 Å². The van der Waals surface area contributed by atoms with E-state index in [1.54, 1.807) is 6.07 Å². The van der Waals surface area contributed by atoms with Crippen LogP contribution in [-0.2, 0) is 22.6 Å². The summed E-state index contributed by atoms with van der Waals surface area (Å²) in [5.41, 5.74) is 5.37. The van der Waals surface area contributed by atoms with Crippen LogP contribution < -0.4 is 11.1 Å². The van der Waals surface area contributed by atoms with Gasteiger partial charge in [0.1, 0.15) is 5.69 Å². The molecule has 0 saturated heterocycles. The summed E-state index contributed by atoms with van der Waals surface area (Å²) < 4.78 is 7.05. The van der Waals surface area contributed by atoms with Gasteiger partial charge in [-0.2, -0.15) is 0 Å². The number of esters is 1. The first-order chi connectivity index (χ1) is 8.62. The molecule has 0 spiro atoms. The quantitative estimate of drug-likeness (QED) is 0.559. The molecular weight excluding hydrogens is 234 g/mol. The molecule has 3 rings (SSSR count). The lowest BCUT2D eigenvalue weighted by Gasteiger charge is -2.19. The van der Waals surface area contributed by atoms with Crippen molar-refractivity contribution in [2.24, 2.45) is 5.73 Å². The summed E-state index contributed by atoms with van der Waals surface area (Å²) in [4.78, 5) is 23.2. The Morgan fingerprint density at radius 3 is 2.83 bits per heavy atom. The van der Waals surface area contributed by atoms with Gasteiger partial charge in [-0.3, -0.25) is 4.79 Å². The highest BCUT2D eigenvalue weighted by Gasteiger charge is 2.45. The van der Waals surface area contributed by atoms with Gasteiger partial charge in [0.25, 0.3) is 5.91 Å². The van der Waals surface area contributed by atoms with Gasteiger partial charge >= 0.3 is 5.97 Å². The van der Waals surface area contributed by atoms with E-state index in [2.05, 4.69) is 5.32 Å². The van der Waals surface area contributed by atoms with Crippen molar-refractivity contribution in [1.29, 1.82) is 0 Å². The van der Waals surface area contributed by atoms with Crippen molar-refractivity contribution in [1.82, 2.24) is 9.88 Å². The highest BCUT2D eigenvalue weighted by molar-refractivity contribution is 5.98. The van der Waals surface area contributed by atoms with E-state index in [0.717, 1.165) is 18.8 Å². The van der Waals surface area contributed by atoms with Crippen LogP contribution in [0.4, 0.5) is 0 Å². The average Bonchev–Trinajstić information content (AvgIpc) is 3.01. The number of carbonyl (C=O) groups excluding carboxylic acids is 2. The molecule has 0 atom stereocenters. The van der Waals surface area contributed by atoms with Crippen molar-refractivity contribution in [2.45, 2.75) is 18.7 Å². The van der Waals surface area contributed by atoms with Gasteiger partial charge in [0, 0.05) is 25.3 Å². The lowest BCUT2D eigenvalue weighted by atomic mass is 10.3. The van der Waals surface area contributed by atoms with Crippen molar-refractivity contribution in [3.8, 4) is 0 Å². The maximum atomic E-state index is 12.0. The fourth-order valence-corrected chi connectivity index (χ4v) is 2.08. The van der Waals surface area contributed by atoms with E-state index < -0.39 is 17.5 Å². The summed E-state index contributed by atoms with van der Waals surface area (Å²) in [5, 5.41) is 3.21. The highest BCUT2D eigenvalue weighted by Crippen LogP contribution is 2.29. The molecule has 18 heavy (non-hydrogen) atoms. The monoisotopic (exact) mass is 247 g/mol. The van der Waals surface area contributed by atoms with E-state index in [9.17, 15) is 9.59 Å². The summed E-state index contributed by atoms with van der Waals surface area (Å²) in [5.74, 6) is -1.19. The number of hydrogen-bond donors (Lipinski definition) is 2. The third-order valence-electron chi connectivity index (χ3n) is 3.21. The second kappa shape index (κ2) is 3.71. The van der Waals surface area contributed by atoms with E-state index >= 15 is 0 Å². The number of primary amides is 1. The molecular formula is C12H13N3O3. The Balaban J connectivity index is 1.81. The van der Waals surface area contributed by atoms with Crippen LogP contribution in [0.1, 0.15) is 16.2 Å². The number of fused-ring (bicyclic) bond motifs is 1. The first-order valence-electron chi connectivity index (χ1n) is 5.75. The van der Waals surface area contributed by atoms with Crippen LogP contribution in [0.25, 0.3) is 0 Å². The number of amides is 1. The number of hydrogen-bond acceptors (Lipinski definition) is 4. The Hall–Kier alpha value is -2.08. The largest absolute Gasteiger partial charge is 0.436 e. The fourth-order valence-electron chi connectivity index (χ4n) is 2.08. The minimum Gasteiger partial charge on any atom is -0.436 e. The Kier molecular flexibility index (Phi) is 2.27. The van der Waals surface area contributed by atoms with Crippen molar-refractivity contribution >= 4 is 11.9 Å². The number of ether oxygens (including phenoxy) is 1. The minimum atomic E-state index is -1.30. The summed E-state index contributed by atoms with van der Waals surface area (Å²) in [6.45, 7) is 2.25. The van der Waals surface area contributed by atoms with Gasteiger partial charge in [0.05, 0.1) is 0 Å². The summed E-state index contributed by atoms with van der Waals surface area (Å²) >= 11 is 0. The van der Waals surface area contributed by atoms with Gasteiger partial charge in [0.15, 0.2) is 0 Å². The Bertz CT molecular complexity index is 553. The van der Waals surface area contributed by atoms with Crippen molar-refractivity contribution < 1.29 is 14.3 Å². The van der Waals surface area contributed by atoms with Crippen LogP contribution in [0.3, 0.4) is 0 Å². The molecule has 2 aliphatic rings. The summed E-state index contributed by atoms with van der Waals surface area (Å²) in [6.07, 6.45) is 2.96. The lowest BCUT2D eigenvalue weighted by Crippen LogP contribution is -2.37. The van der Waals surface area contributed by atoms with Crippen LogP contribution >= 0.6 is 0 Å². The number of rotatable bonds is 3. The predicted molar refractivity (Wildman–Crippen MR) is 62.6 cm³/mol. The Morgan fingerprint density at radius 1 is 1.39 bits per heavy atom. The lowest BCUT2D eigenvalue weighted by molar-refractivity contribution is -0.127. The zero-order valence-electron chi connectivity index (χ0n) is 9.68. The third kappa shape index (κ3) is 1.62. The second-order valence-electron chi connectivity index (χ2n) is 4.42. The topological polar surface area (TPSA) is 86.4 Å². The summed E-state index contributed by atoms with van der Waals surface area (Å²) in [7, 11) is 0. The smallest absolute Gasteiger partial charge is 0.356 e. The zero-order chi connectivity index (χ0) is 12.8. The molecule has 0 radical (unpaired) electrons. The molecule has 6 nitrogen and oxygen atoms in total. The van der Waals surface area contributed by atoms with Gasteiger partial charge in [-0.1, -0.05) is 0 Å². The number of nitrogens with two attached hydrogens (primary N) is 1. The number of carbonyl (C=O) groups is 2. The Labute approximate surface area is 103 Å². The highest BCUT2D eigenvalue weighted by atomic mass is 16.6. The van der Waals surface area contributed by atoms with E-state index in [-0.39, 0.29) is 0 Å². The average molecular weight is 247 g/mol. The normalized spacial score (nSPS) is 19.1. The van der Waals surface area contributed by atoms with Crippen LogP contribution in [-0.4, -0.2) is 28.6 Å². The molecule has 0 unspecified atom stereocenters. The van der Waals surface area contributed by atoms with Crippen LogP contribution in [0.2, 0.25) is 0 Å². The van der Waals surface area contributed by atoms with Crippen LogP contribution in [0, 0.1) is 0 Å². The molecule has 1 aromatic heterocycles. The van der Waals surface area contributed by atoms with Crippen molar-refractivity contribution in [2.75, 3.05) is 6.54 Å². The molecule has 0 aromatic carbocycles. The standard InChI is InChI=1S/C12H13N3O3/c13-11(17)12(3-4-12)18-10(16)9-2-1-8-7-14-5-6-15(8)9/h1-4,14H,5-7H2,(H2,13,17). The molecule has 0 saturated carbocycles. The molecule has 2 heterocycles. The molecule has 94 valence electrons. The van der Waals surface area contributed by atoms with Gasteiger partial charge in [-0.25, -0.2) is 4.79 Å². The van der Waals surface area contributed by atoms with Crippen LogP contribution in [0.5, 0.6) is 0 Å². The fraction of sp³-hybridized carbons (Fsp3) is 0.333. The number of nitrogens with one attached hydrogen (secondary N) is 1.